The second-order valence-corrected chi connectivity index (χ2v) is 8.41. The highest BCUT2D eigenvalue weighted by atomic mass is 32.1. The molecule has 0 spiro atoms. The zero-order chi connectivity index (χ0) is 17.9. The highest BCUT2D eigenvalue weighted by molar-refractivity contribution is 7.73. The van der Waals surface area contributed by atoms with Crippen molar-refractivity contribution in [2.24, 2.45) is 0 Å². The summed E-state index contributed by atoms with van der Waals surface area (Å²) in [7, 11) is 0. The van der Waals surface area contributed by atoms with Gasteiger partial charge < -0.3 is 10.2 Å². The Hall–Kier alpha value is -2.09. The third kappa shape index (κ3) is 4.35. The molecule has 5 nitrogen and oxygen atoms in total. The van der Waals surface area contributed by atoms with E-state index < -0.39 is 0 Å². The molecule has 1 aliphatic carbocycles. The molecule has 2 N–H and O–H groups in total. The molecule has 1 aliphatic rings. The van der Waals surface area contributed by atoms with E-state index >= 15 is 0 Å². The lowest BCUT2D eigenvalue weighted by Gasteiger charge is -2.18. The highest BCUT2D eigenvalue weighted by Gasteiger charge is 2.33. The molecule has 1 aromatic carbocycles. The van der Waals surface area contributed by atoms with Crippen LogP contribution in [0.1, 0.15) is 24.0 Å². The first kappa shape index (κ1) is 17.3. The lowest BCUT2D eigenvalue weighted by atomic mass is 10.2. The molecule has 1 unspecified atom stereocenters. The van der Waals surface area contributed by atoms with Crippen LogP contribution < -0.4 is 10.2 Å². The molecule has 1 atom stereocenters. The fraction of sp³-hybridized carbons (Fsp3) is 0.316. The number of nitrogens with one attached hydrogen (secondary N) is 2. The zero-order valence-corrected chi connectivity index (χ0v) is 16.3. The number of pyridine rings is 1. The van der Waals surface area contributed by atoms with E-state index in [1.165, 1.54) is 40.2 Å². The maximum absolute atomic E-state index is 5.56. The van der Waals surface area contributed by atoms with E-state index in [1.807, 2.05) is 17.1 Å². The molecule has 1 fully saturated rings. The first-order valence-electron chi connectivity index (χ1n) is 8.82. The van der Waals surface area contributed by atoms with Gasteiger partial charge in [0, 0.05) is 36.5 Å². The SMILES string of the molecule is Cc1ccc(Nc2nn(C[NH+](Cc3ccncc3)C3CC3)c(=S)s2)cc1. The molecule has 2 heterocycles. The van der Waals surface area contributed by atoms with Crippen molar-refractivity contribution in [3.05, 3.63) is 63.9 Å². The lowest BCUT2D eigenvalue weighted by molar-refractivity contribution is -0.947. The summed E-state index contributed by atoms with van der Waals surface area (Å²) in [4.78, 5) is 5.62. The van der Waals surface area contributed by atoms with Crippen molar-refractivity contribution < 1.29 is 4.90 Å². The van der Waals surface area contributed by atoms with Crippen molar-refractivity contribution in [1.82, 2.24) is 14.8 Å². The van der Waals surface area contributed by atoms with Crippen LogP contribution in [0, 0.1) is 10.9 Å². The molecule has 0 saturated heterocycles. The van der Waals surface area contributed by atoms with Crippen molar-refractivity contribution in [1.29, 1.82) is 0 Å². The van der Waals surface area contributed by atoms with Crippen LogP contribution in [0.4, 0.5) is 10.8 Å². The fourth-order valence-electron chi connectivity index (χ4n) is 2.99. The maximum atomic E-state index is 5.56. The summed E-state index contributed by atoms with van der Waals surface area (Å²) in [6.45, 7) is 3.87. The second kappa shape index (κ2) is 7.65. The van der Waals surface area contributed by atoms with Crippen LogP contribution >= 0.6 is 23.6 Å². The van der Waals surface area contributed by atoms with E-state index in [0.717, 1.165) is 28.0 Å². The van der Waals surface area contributed by atoms with Crippen LogP contribution in [0.3, 0.4) is 0 Å². The quantitative estimate of drug-likeness (QED) is 0.614. The van der Waals surface area contributed by atoms with Gasteiger partial charge in [0.2, 0.25) is 5.13 Å². The molecule has 7 heteroatoms. The summed E-state index contributed by atoms with van der Waals surface area (Å²) in [5, 5.41) is 8.91. The zero-order valence-electron chi connectivity index (χ0n) is 14.7. The summed E-state index contributed by atoms with van der Waals surface area (Å²) < 4.78 is 2.78. The second-order valence-electron chi connectivity index (χ2n) is 6.79. The average molecular weight is 385 g/mol. The van der Waals surface area contributed by atoms with Crippen molar-refractivity contribution in [2.75, 3.05) is 5.32 Å². The van der Waals surface area contributed by atoms with Crippen molar-refractivity contribution >= 4 is 34.4 Å². The molecular formula is C19H22N5S2+. The minimum absolute atomic E-state index is 0.709. The summed E-state index contributed by atoms with van der Waals surface area (Å²) in [6.07, 6.45) is 6.29. The van der Waals surface area contributed by atoms with Gasteiger partial charge in [-0.2, -0.15) is 4.68 Å². The predicted octanol–water partition coefficient (Wildman–Crippen LogP) is 3.33. The Labute approximate surface area is 162 Å². The van der Waals surface area contributed by atoms with E-state index in [1.54, 1.807) is 0 Å². The van der Waals surface area contributed by atoms with Crippen molar-refractivity contribution in [3.8, 4) is 0 Å². The topological polar surface area (TPSA) is 47.2 Å². The van der Waals surface area contributed by atoms with Gasteiger partial charge in [-0.15, -0.1) is 5.10 Å². The summed E-state index contributed by atoms with van der Waals surface area (Å²) >= 11 is 7.08. The molecule has 0 amide bonds. The summed E-state index contributed by atoms with van der Waals surface area (Å²) in [5.41, 5.74) is 3.59. The fourth-order valence-corrected chi connectivity index (χ4v) is 4.02. The molecule has 0 radical (unpaired) electrons. The van der Waals surface area contributed by atoms with E-state index in [0.29, 0.717) is 6.04 Å². The Morgan fingerprint density at radius 1 is 1.19 bits per heavy atom. The minimum Gasteiger partial charge on any atom is -0.330 e. The van der Waals surface area contributed by atoms with Gasteiger partial charge in [0.1, 0.15) is 6.54 Å². The van der Waals surface area contributed by atoms with Gasteiger partial charge in [-0.05, 0) is 43.4 Å². The first-order chi connectivity index (χ1) is 12.7. The van der Waals surface area contributed by atoms with Crippen LogP contribution in [0.2, 0.25) is 0 Å². The highest BCUT2D eigenvalue weighted by Crippen LogP contribution is 2.21. The van der Waals surface area contributed by atoms with Crippen molar-refractivity contribution in [3.63, 3.8) is 0 Å². The van der Waals surface area contributed by atoms with Crippen LogP contribution in [0.25, 0.3) is 0 Å². The predicted molar refractivity (Wildman–Crippen MR) is 107 cm³/mol. The van der Waals surface area contributed by atoms with Crippen LogP contribution in [0.15, 0.2) is 48.8 Å². The Bertz CT molecular complexity index is 913. The van der Waals surface area contributed by atoms with Gasteiger partial charge in [0.25, 0.3) is 0 Å². The number of benzene rings is 1. The van der Waals surface area contributed by atoms with Gasteiger partial charge in [0.05, 0.1) is 6.04 Å². The molecule has 4 rings (SSSR count). The van der Waals surface area contributed by atoms with Crippen LogP contribution in [-0.4, -0.2) is 20.8 Å². The lowest BCUT2D eigenvalue weighted by Crippen LogP contribution is -3.11. The van der Waals surface area contributed by atoms with Gasteiger partial charge in [-0.1, -0.05) is 29.0 Å². The molecule has 2 aromatic heterocycles. The number of rotatable bonds is 7. The Morgan fingerprint density at radius 3 is 2.62 bits per heavy atom. The third-order valence-corrected chi connectivity index (χ3v) is 5.82. The third-order valence-electron chi connectivity index (χ3n) is 4.60. The molecular weight excluding hydrogens is 362 g/mol. The Morgan fingerprint density at radius 2 is 1.92 bits per heavy atom. The van der Waals surface area contributed by atoms with Gasteiger partial charge in [-0.3, -0.25) is 4.98 Å². The maximum Gasteiger partial charge on any atom is 0.209 e. The number of aryl methyl sites for hydroxylation is 1. The van der Waals surface area contributed by atoms with Gasteiger partial charge >= 0.3 is 0 Å². The summed E-state index contributed by atoms with van der Waals surface area (Å²) in [6, 6.07) is 13.2. The molecule has 26 heavy (non-hydrogen) atoms. The molecule has 3 aromatic rings. The van der Waals surface area contributed by atoms with Gasteiger partial charge in [-0.25, -0.2) is 0 Å². The molecule has 134 valence electrons. The van der Waals surface area contributed by atoms with Crippen molar-refractivity contribution in [2.45, 2.75) is 39.0 Å². The molecule has 0 bridgehead atoms. The minimum atomic E-state index is 0.709. The first-order valence-corrected chi connectivity index (χ1v) is 10.0. The smallest absolute Gasteiger partial charge is 0.209 e. The number of hydrogen-bond acceptors (Lipinski definition) is 5. The van der Waals surface area contributed by atoms with E-state index in [-0.39, 0.29) is 0 Å². The Kier molecular flexibility index (Phi) is 5.10. The number of aromatic nitrogens is 3. The summed E-state index contributed by atoms with van der Waals surface area (Å²) in [5.74, 6) is 0. The molecule has 1 saturated carbocycles. The van der Waals surface area contributed by atoms with Crippen LogP contribution in [0.5, 0.6) is 0 Å². The normalized spacial score (nSPS) is 15.0. The number of quaternary nitrogens is 1. The largest absolute Gasteiger partial charge is 0.330 e. The Balaban J connectivity index is 1.47. The number of nitrogens with zero attached hydrogens (tertiary/aromatic N) is 3. The number of anilines is 2. The standard InChI is InChI=1S/C19H21N5S2/c1-14-2-4-16(5-3-14)21-18-22-24(19(25)26-18)13-23(17-6-7-17)12-15-8-10-20-11-9-15/h2-5,8-11,17H,6-7,12-13H2,1H3,(H,21,22)/p+1. The average Bonchev–Trinajstić information content (AvgIpc) is 3.43. The monoisotopic (exact) mass is 384 g/mol. The van der Waals surface area contributed by atoms with Crippen LogP contribution in [-0.2, 0) is 13.2 Å². The van der Waals surface area contributed by atoms with E-state index in [9.17, 15) is 0 Å². The van der Waals surface area contributed by atoms with Gasteiger partial charge in [0.15, 0.2) is 10.6 Å². The van der Waals surface area contributed by atoms with E-state index in [4.69, 9.17) is 17.3 Å². The molecule has 0 aliphatic heterocycles. The number of hydrogen-bond donors (Lipinski definition) is 2. The van der Waals surface area contributed by atoms with E-state index in [2.05, 4.69) is 53.6 Å².